The number of nitrogens with zero attached hydrogens (tertiary/aromatic N) is 2. The molecule has 0 atom stereocenters. The summed E-state index contributed by atoms with van der Waals surface area (Å²) in [5.74, 6) is 0. The maximum Gasteiger partial charge on any atom is 0.0592 e. The molecule has 0 unspecified atom stereocenters. The Labute approximate surface area is 113 Å². The third-order valence-electron chi connectivity index (χ3n) is 2.37. The number of rotatable bonds is 5. The van der Waals surface area contributed by atoms with Crippen LogP contribution in [0, 0.1) is 0 Å². The SMILES string of the molecule is C(CCc1ccccc1)=NNc1ccncc1.Cl. The van der Waals surface area contributed by atoms with Crippen molar-refractivity contribution in [3.05, 3.63) is 60.4 Å². The molecule has 0 aliphatic carbocycles. The Morgan fingerprint density at radius 3 is 2.50 bits per heavy atom. The Hall–Kier alpha value is -1.87. The number of aryl methyl sites for hydroxylation is 1. The Morgan fingerprint density at radius 1 is 1.06 bits per heavy atom. The number of benzene rings is 1. The van der Waals surface area contributed by atoms with E-state index in [0.29, 0.717) is 0 Å². The van der Waals surface area contributed by atoms with Gasteiger partial charge in [0.15, 0.2) is 0 Å². The topological polar surface area (TPSA) is 37.3 Å². The van der Waals surface area contributed by atoms with Crippen LogP contribution in [0.1, 0.15) is 12.0 Å². The Morgan fingerprint density at radius 2 is 1.78 bits per heavy atom. The quantitative estimate of drug-likeness (QED) is 0.660. The molecule has 18 heavy (non-hydrogen) atoms. The highest BCUT2D eigenvalue weighted by atomic mass is 35.5. The summed E-state index contributed by atoms with van der Waals surface area (Å²) < 4.78 is 0. The van der Waals surface area contributed by atoms with Crippen molar-refractivity contribution < 1.29 is 0 Å². The molecule has 0 saturated heterocycles. The first-order valence-electron chi connectivity index (χ1n) is 5.66. The number of aromatic nitrogens is 1. The van der Waals surface area contributed by atoms with Crippen molar-refractivity contribution in [2.45, 2.75) is 12.8 Å². The lowest BCUT2D eigenvalue weighted by Crippen LogP contribution is -1.91. The molecule has 94 valence electrons. The molecule has 0 aliphatic rings. The van der Waals surface area contributed by atoms with E-state index in [0.717, 1.165) is 18.5 Å². The van der Waals surface area contributed by atoms with Crippen LogP contribution in [0.4, 0.5) is 5.69 Å². The lowest BCUT2D eigenvalue weighted by atomic mass is 10.1. The second-order valence-electron chi connectivity index (χ2n) is 3.68. The molecular formula is C14H16ClN3. The van der Waals surface area contributed by atoms with Crippen molar-refractivity contribution in [2.75, 3.05) is 5.43 Å². The molecule has 0 spiro atoms. The molecule has 2 aromatic rings. The zero-order valence-electron chi connectivity index (χ0n) is 9.99. The maximum atomic E-state index is 4.15. The minimum absolute atomic E-state index is 0. The second kappa shape index (κ2) is 8.25. The van der Waals surface area contributed by atoms with Gasteiger partial charge in [-0.3, -0.25) is 10.4 Å². The summed E-state index contributed by atoms with van der Waals surface area (Å²) in [4.78, 5) is 3.94. The number of halogens is 1. The number of anilines is 1. The zero-order valence-corrected chi connectivity index (χ0v) is 10.8. The van der Waals surface area contributed by atoms with Crippen LogP contribution in [0.15, 0.2) is 60.0 Å². The standard InChI is InChI=1S/C14H15N3.ClH/c1-2-5-13(6-3-1)7-4-10-16-17-14-8-11-15-12-9-14;/h1-3,5-6,8-12H,4,7H2,(H,15,17);1H. The Balaban J connectivity index is 0.00000162. The average Bonchev–Trinajstić information content (AvgIpc) is 2.41. The van der Waals surface area contributed by atoms with Gasteiger partial charge in [0.2, 0.25) is 0 Å². The third-order valence-corrected chi connectivity index (χ3v) is 2.37. The third kappa shape index (κ3) is 4.97. The fourth-order valence-corrected chi connectivity index (χ4v) is 1.49. The molecule has 1 heterocycles. The van der Waals surface area contributed by atoms with E-state index in [-0.39, 0.29) is 12.4 Å². The van der Waals surface area contributed by atoms with Gasteiger partial charge in [0.25, 0.3) is 0 Å². The minimum atomic E-state index is 0. The van der Waals surface area contributed by atoms with Gasteiger partial charge in [0, 0.05) is 18.6 Å². The van der Waals surface area contributed by atoms with E-state index >= 15 is 0 Å². The minimum Gasteiger partial charge on any atom is -0.279 e. The van der Waals surface area contributed by atoms with Gasteiger partial charge >= 0.3 is 0 Å². The summed E-state index contributed by atoms with van der Waals surface area (Å²) in [6.07, 6.45) is 7.32. The fraction of sp³-hybridized carbons (Fsp3) is 0.143. The normalized spacial score (nSPS) is 10.0. The van der Waals surface area contributed by atoms with Gasteiger partial charge in [-0.05, 0) is 30.5 Å². The van der Waals surface area contributed by atoms with Gasteiger partial charge < -0.3 is 0 Å². The first-order valence-corrected chi connectivity index (χ1v) is 5.66. The van der Waals surface area contributed by atoms with Crippen LogP contribution in [0.25, 0.3) is 0 Å². The zero-order chi connectivity index (χ0) is 11.8. The van der Waals surface area contributed by atoms with E-state index in [1.807, 2.05) is 24.4 Å². The van der Waals surface area contributed by atoms with E-state index in [1.54, 1.807) is 12.4 Å². The molecule has 2 rings (SSSR count). The summed E-state index contributed by atoms with van der Waals surface area (Å²) in [5, 5.41) is 4.15. The molecule has 0 saturated carbocycles. The second-order valence-corrected chi connectivity index (χ2v) is 3.68. The van der Waals surface area contributed by atoms with Crippen LogP contribution in [-0.4, -0.2) is 11.2 Å². The van der Waals surface area contributed by atoms with Crippen molar-refractivity contribution >= 4 is 24.3 Å². The molecule has 0 fully saturated rings. The summed E-state index contributed by atoms with van der Waals surface area (Å²) >= 11 is 0. The van der Waals surface area contributed by atoms with Gasteiger partial charge in [-0.1, -0.05) is 30.3 Å². The predicted molar refractivity (Wildman–Crippen MR) is 78.4 cm³/mol. The van der Waals surface area contributed by atoms with Gasteiger partial charge in [0.05, 0.1) is 5.69 Å². The molecular weight excluding hydrogens is 246 g/mol. The number of hydrogen-bond donors (Lipinski definition) is 1. The number of pyridine rings is 1. The molecule has 3 nitrogen and oxygen atoms in total. The molecule has 0 amide bonds. The van der Waals surface area contributed by atoms with Crippen LogP contribution in [0.5, 0.6) is 0 Å². The molecule has 4 heteroatoms. The van der Waals surface area contributed by atoms with Crippen LogP contribution in [0.2, 0.25) is 0 Å². The van der Waals surface area contributed by atoms with Crippen molar-refractivity contribution in [3.63, 3.8) is 0 Å². The molecule has 0 bridgehead atoms. The summed E-state index contributed by atoms with van der Waals surface area (Å²) in [7, 11) is 0. The molecule has 1 aromatic carbocycles. The van der Waals surface area contributed by atoms with Crippen LogP contribution >= 0.6 is 12.4 Å². The lowest BCUT2D eigenvalue weighted by molar-refractivity contribution is 1.05. The van der Waals surface area contributed by atoms with Gasteiger partial charge in [-0.25, -0.2) is 0 Å². The van der Waals surface area contributed by atoms with Crippen LogP contribution in [-0.2, 0) is 6.42 Å². The Kier molecular flexibility index (Phi) is 6.51. The highest BCUT2D eigenvalue weighted by molar-refractivity contribution is 5.85. The van der Waals surface area contributed by atoms with Gasteiger partial charge in [0.1, 0.15) is 0 Å². The van der Waals surface area contributed by atoms with Crippen molar-refractivity contribution in [1.82, 2.24) is 4.98 Å². The summed E-state index contributed by atoms with van der Waals surface area (Å²) in [5.41, 5.74) is 5.25. The highest BCUT2D eigenvalue weighted by Crippen LogP contribution is 2.03. The van der Waals surface area contributed by atoms with E-state index in [1.165, 1.54) is 5.56 Å². The smallest absolute Gasteiger partial charge is 0.0592 e. The van der Waals surface area contributed by atoms with E-state index in [4.69, 9.17) is 0 Å². The molecule has 0 aliphatic heterocycles. The largest absolute Gasteiger partial charge is 0.279 e. The molecule has 0 radical (unpaired) electrons. The monoisotopic (exact) mass is 261 g/mol. The molecule has 1 aromatic heterocycles. The van der Waals surface area contributed by atoms with Crippen molar-refractivity contribution in [2.24, 2.45) is 5.10 Å². The van der Waals surface area contributed by atoms with Crippen LogP contribution in [0.3, 0.4) is 0 Å². The van der Waals surface area contributed by atoms with Crippen LogP contribution < -0.4 is 5.43 Å². The maximum absolute atomic E-state index is 4.15. The highest BCUT2D eigenvalue weighted by Gasteiger charge is 1.89. The first-order chi connectivity index (χ1) is 8.45. The first kappa shape index (κ1) is 14.2. The average molecular weight is 262 g/mol. The van der Waals surface area contributed by atoms with E-state index in [9.17, 15) is 0 Å². The number of nitrogens with one attached hydrogen (secondary N) is 1. The van der Waals surface area contributed by atoms with Gasteiger partial charge in [-0.15, -0.1) is 12.4 Å². The fourth-order valence-electron chi connectivity index (χ4n) is 1.49. The van der Waals surface area contributed by atoms with E-state index in [2.05, 4.69) is 39.8 Å². The number of hydrogen-bond acceptors (Lipinski definition) is 3. The van der Waals surface area contributed by atoms with Crippen molar-refractivity contribution in [3.8, 4) is 0 Å². The Bertz CT molecular complexity index is 457. The van der Waals surface area contributed by atoms with Crippen molar-refractivity contribution in [1.29, 1.82) is 0 Å². The lowest BCUT2D eigenvalue weighted by Gasteiger charge is -1.98. The molecule has 1 N–H and O–H groups in total. The summed E-state index contributed by atoms with van der Waals surface area (Å²) in [6.45, 7) is 0. The number of hydrazone groups is 1. The summed E-state index contributed by atoms with van der Waals surface area (Å²) in [6, 6.07) is 14.2. The van der Waals surface area contributed by atoms with E-state index < -0.39 is 0 Å². The predicted octanol–water partition coefficient (Wildman–Crippen LogP) is 3.53. The van der Waals surface area contributed by atoms with Gasteiger partial charge in [-0.2, -0.15) is 5.10 Å².